The number of carbonyl (C=O) groups is 2. The van der Waals surface area contributed by atoms with Gasteiger partial charge in [0.25, 0.3) is 5.91 Å². The van der Waals surface area contributed by atoms with Crippen LogP contribution in [0.5, 0.6) is 5.75 Å². The highest BCUT2D eigenvalue weighted by molar-refractivity contribution is 6.30. The highest BCUT2D eigenvalue weighted by Crippen LogP contribution is 2.29. The van der Waals surface area contributed by atoms with Crippen LogP contribution in [0.1, 0.15) is 48.2 Å². The summed E-state index contributed by atoms with van der Waals surface area (Å²) >= 11 is 6.13. The summed E-state index contributed by atoms with van der Waals surface area (Å²) in [5, 5.41) is 0.614. The molecule has 0 N–H and O–H groups in total. The van der Waals surface area contributed by atoms with Crippen LogP contribution in [0.15, 0.2) is 42.6 Å². The van der Waals surface area contributed by atoms with Crippen molar-refractivity contribution in [3.8, 4) is 5.75 Å². The van der Waals surface area contributed by atoms with Gasteiger partial charge in [0.15, 0.2) is 0 Å². The number of nitrogens with zero attached hydrogens (tertiary/aromatic N) is 3. The van der Waals surface area contributed by atoms with E-state index in [0.29, 0.717) is 42.3 Å². The maximum absolute atomic E-state index is 13.2. The first-order valence-electron chi connectivity index (χ1n) is 11.4. The Morgan fingerprint density at radius 1 is 1.09 bits per heavy atom. The second-order valence-electron chi connectivity index (χ2n) is 8.70. The van der Waals surface area contributed by atoms with Gasteiger partial charge in [-0.3, -0.25) is 14.6 Å². The minimum atomic E-state index is -0.152. The Balaban J connectivity index is 1.50. The van der Waals surface area contributed by atoms with Crippen LogP contribution in [0, 0.1) is 12.8 Å². The molecule has 32 heavy (non-hydrogen) atoms. The molecule has 2 fully saturated rings. The number of carbonyl (C=O) groups excluding carboxylic acids is 2. The highest BCUT2D eigenvalue weighted by Gasteiger charge is 2.36. The van der Waals surface area contributed by atoms with Crippen LogP contribution in [0.2, 0.25) is 5.02 Å². The van der Waals surface area contributed by atoms with Gasteiger partial charge in [-0.2, -0.15) is 0 Å². The molecule has 1 aromatic carbocycles. The molecule has 2 saturated heterocycles. The molecule has 2 amide bonds. The second kappa shape index (κ2) is 10.3. The van der Waals surface area contributed by atoms with E-state index in [1.807, 2.05) is 41.0 Å². The number of likely N-dealkylation sites (tertiary alicyclic amines) is 2. The van der Waals surface area contributed by atoms with Crippen molar-refractivity contribution in [1.82, 2.24) is 14.8 Å². The quantitative estimate of drug-likeness (QED) is 0.672. The molecule has 1 aromatic heterocycles. The van der Waals surface area contributed by atoms with E-state index in [1.165, 1.54) is 6.42 Å². The lowest BCUT2D eigenvalue weighted by Crippen LogP contribution is -2.50. The number of rotatable bonds is 5. The Kier molecular flexibility index (Phi) is 7.30. The first kappa shape index (κ1) is 22.6. The molecule has 2 aliphatic rings. The van der Waals surface area contributed by atoms with E-state index in [0.717, 1.165) is 31.6 Å². The smallest absolute Gasteiger partial charge is 0.255 e. The number of halogens is 1. The number of ether oxygens (including phenoxy) is 1. The Morgan fingerprint density at radius 2 is 1.91 bits per heavy atom. The number of hydrogen-bond donors (Lipinski definition) is 0. The molecular formula is C25H30ClN3O3. The van der Waals surface area contributed by atoms with Gasteiger partial charge >= 0.3 is 0 Å². The van der Waals surface area contributed by atoms with E-state index < -0.39 is 0 Å². The summed E-state index contributed by atoms with van der Waals surface area (Å²) in [7, 11) is 0. The van der Waals surface area contributed by atoms with Gasteiger partial charge < -0.3 is 14.5 Å². The van der Waals surface area contributed by atoms with Crippen molar-refractivity contribution in [2.75, 3.05) is 26.2 Å². The summed E-state index contributed by atoms with van der Waals surface area (Å²) in [5.74, 6) is 0.729. The SMILES string of the molecule is Cc1ncccc1C(=O)N1CC[C@H](Oc2cccc(Cl)c2)[C@@H](CC(=O)N2CCCCC2)C1. The van der Waals surface area contributed by atoms with Crippen molar-refractivity contribution in [3.63, 3.8) is 0 Å². The van der Waals surface area contributed by atoms with Crippen molar-refractivity contribution >= 4 is 23.4 Å². The number of pyridine rings is 1. The van der Waals surface area contributed by atoms with E-state index in [4.69, 9.17) is 16.3 Å². The van der Waals surface area contributed by atoms with E-state index in [2.05, 4.69) is 4.98 Å². The fraction of sp³-hybridized carbons (Fsp3) is 0.480. The summed E-state index contributed by atoms with van der Waals surface area (Å²) in [4.78, 5) is 34.3. The van der Waals surface area contributed by atoms with Gasteiger partial charge in [-0.25, -0.2) is 0 Å². The molecule has 0 radical (unpaired) electrons. The zero-order valence-corrected chi connectivity index (χ0v) is 19.3. The van der Waals surface area contributed by atoms with E-state index in [1.54, 1.807) is 18.3 Å². The molecule has 4 rings (SSSR count). The molecule has 0 spiro atoms. The van der Waals surface area contributed by atoms with Gasteiger partial charge in [-0.15, -0.1) is 0 Å². The van der Waals surface area contributed by atoms with E-state index in [9.17, 15) is 9.59 Å². The lowest BCUT2D eigenvalue weighted by atomic mass is 9.90. The number of amides is 2. The van der Waals surface area contributed by atoms with Crippen LogP contribution < -0.4 is 4.74 Å². The molecular weight excluding hydrogens is 426 g/mol. The zero-order chi connectivity index (χ0) is 22.5. The summed E-state index contributed by atoms with van der Waals surface area (Å²) in [6.07, 6.45) is 5.88. The van der Waals surface area contributed by atoms with Gasteiger partial charge in [0.05, 0.1) is 5.56 Å². The van der Waals surface area contributed by atoms with Crippen LogP contribution in [-0.2, 0) is 4.79 Å². The van der Waals surface area contributed by atoms with Crippen LogP contribution in [0.3, 0.4) is 0 Å². The Hall–Kier alpha value is -2.60. The summed E-state index contributed by atoms with van der Waals surface area (Å²) in [6, 6.07) is 10.9. The molecule has 170 valence electrons. The third kappa shape index (κ3) is 5.41. The fourth-order valence-corrected chi connectivity index (χ4v) is 4.82. The topological polar surface area (TPSA) is 62.7 Å². The average Bonchev–Trinajstić information content (AvgIpc) is 2.80. The van der Waals surface area contributed by atoms with Crippen LogP contribution in [0.25, 0.3) is 0 Å². The van der Waals surface area contributed by atoms with Crippen molar-refractivity contribution in [3.05, 3.63) is 58.9 Å². The Morgan fingerprint density at radius 3 is 2.66 bits per heavy atom. The molecule has 0 saturated carbocycles. The summed E-state index contributed by atoms with van der Waals surface area (Å²) in [5.41, 5.74) is 1.33. The first-order chi connectivity index (χ1) is 15.5. The fourth-order valence-electron chi connectivity index (χ4n) is 4.64. The molecule has 2 aromatic rings. The van der Waals surface area contributed by atoms with Crippen molar-refractivity contribution < 1.29 is 14.3 Å². The number of aromatic nitrogens is 1. The molecule has 3 heterocycles. The third-order valence-corrected chi connectivity index (χ3v) is 6.65. The number of hydrogen-bond acceptors (Lipinski definition) is 4. The van der Waals surface area contributed by atoms with Crippen molar-refractivity contribution in [1.29, 1.82) is 0 Å². The number of benzene rings is 1. The first-order valence-corrected chi connectivity index (χ1v) is 11.8. The maximum atomic E-state index is 13.2. The Bertz CT molecular complexity index is 961. The molecule has 2 aliphatic heterocycles. The van der Waals surface area contributed by atoms with Crippen molar-refractivity contribution in [2.45, 2.75) is 45.1 Å². The molecule has 0 bridgehead atoms. The van der Waals surface area contributed by atoms with Gasteiger partial charge in [-0.05, 0) is 56.5 Å². The number of aryl methyl sites for hydroxylation is 1. The van der Waals surface area contributed by atoms with Crippen LogP contribution in [-0.4, -0.2) is 58.9 Å². The Labute approximate surface area is 194 Å². The predicted molar refractivity (Wildman–Crippen MR) is 124 cm³/mol. The molecule has 7 heteroatoms. The monoisotopic (exact) mass is 455 g/mol. The minimum absolute atomic E-state index is 0.0350. The molecule has 0 unspecified atom stereocenters. The molecule has 0 aliphatic carbocycles. The predicted octanol–water partition coefficient (Wildman–Crippen LogP) is 4.36. The normalized spacial score (nSPS) is 21.3. The van der Waals surface area contributed by atoms with Gasteiger partial charge in [-0.1, -0.05) is 17.7 Å². The highest BCUT2D eigenvalue weighted by atomic mass is 35.5. The maximum Gasteiger partial charge on any atom is 0.255 e. The van der Waals surface area contributed by atoms with Crippen LogP contribution in [0.4, 0.5) is 0 Å². The minimum Gasteiger partial charge on any atom is -0.490 e. The van der Waals surface area contributed by atoms with Crippen LogP contribution >= 0.6 is 11.6 Å². The summed E-state index contributed by atoms with van der Waals surface area (Å²) < 4.78 is 6.29. The van der Waals surface area contributed by atoms with Gasteiger partial charge in [0.1, 0.15) is 11.9 Å². The summed E-state index contributed by atoms with van der Waals surface area (Å²) in [6.45, 7) is 4.55. The standard InChI is InChI=1S/C25H30ClN3O3/c1-18-22(9-6-11-27-18)25(31)29-14-10-23(32-21-8-5-7-20(26)16-21)19(17-29)15-24(30)28-12-3-2-4-13-28/h5-9,11,16,19,23H,2-4,10,12-15,17H2,1H3/t19-,23-/m0/s1. The van der Waals surface area contributed by atoms with Crippen molar-refractivity contribution in [2.24, 2.45) is 5.92 Å². The zero-order valence-electron chi connectivity index (χ0n) is 18.5. The number of piperidine rings is 2. The third-order valence-electron chi connectivity index (χ3n) is 6.42. The van der Waals surface area contributed by atoms with E-state index >= 15 is 0 Å². The molecule has 2 atom stereocenters. The van der Waals surface area contributed by atoms with E-state index in [-0.39, 0.29) is 23.8 Å². The largest absolute Gasteiger partial charge is 0.490 e. The van der Waals surface area contributed by atoms with Gasteiger partial charge in [0.2, 0.25) is 5.91 Å². The lowest BCUT2D eigenvalue weighted by Gasteiger charge is -2.39. The lowest BCUT2D eigenvalue weighted by molar-refractivity contribution is -0.134. The van der Waals surface area contributed by atoms with Gasteiger partial charge in [0, 0.05) is 61.9 Å². The molecule has 6 nitrogen and oxygen atoms in total. The average molecular weight is 456 g/mol. The second-order valence-corrected chi connectivity index (χ2v) is 9.13.